The summed E-state index contributed by atoms with van der Waals surface area (Å²) in [4.78, 5) is 0. The molecule has 0 spiro atoms. The smallest absolute Gasteiger partial charge is 0.325 e. The van der Waals surface area contributed by atoms with Crippen LogP contribution >= 0.6 is 0 Å². The summed E-state index contributed by atoms with van der Waals surface area (Å²) in [6, 6.07) is 0.933. The molecule has 0 aliphatic heterocycles. The van der Waals surface area contributed by atoms with E-state index >= 15 is 0 Å². The summed E-state index contributed by atoms with van der Waals surface area (Å²) in [6.07, 6.45) is -4.90. The van der Waals surface area contributed by atoms with Gasteiger partial charge in [0.2, 0.25) is 0 Å². The molecular weight excluding hydrogens is 236 g/mol. The van der Waals surface area contributed by atoms with Crippen LogP contribution in [0, 0.1) is 5.82 Å². The van der Waals surface area contributed by atoms with Gasteiger partial charge >= 0.3 is 6.18 Å². The first-order chi connectivity index (χ1) is 7.18. The number of alkyl halides is 5. The van der Waals surface area contributed by atoms with Crippen molar-refractivity contribution < 1.29 is 26.3 Å². The summed E-state index contributed by atoms with van der Waals surface area (Å²) in [7, 11) is 0. The van der Waals surface area contributed by atoms with Gasteiger partial charge in [-0.3, -0.25) is 0 Å². The van der Waals surface area contributed by atoms with Crippen LogP contribution < -0.4 is 5.73 Å². The number of rotatable bonds is 2. The predicted octanol–water partition coefficient (Wildman–Crippen LogP) is 2.90. The molecule has 0 aromatic heterocycles. The average molecular weight is 243 g/mol. The topological polar surface area (TPSA) is 26.0 Å². The van der Waals surface area contributed by atoms with E-state index in [1.165, 1.54) is 0 Å². The minimum Gasteiger partial charge on any atom is -0.325 e. The van der Waals surface area contributed by atoms with E-state index in [1.54, 1.807) is 0 Å². The first kappa shape index (κ1) is 12.8. The molecule has 0 heterocycles. The minimum atomic E-state index is -4.90. The fourth-order valence-electron chi connectivity index (χ4n) is 1.09. The number of nitrogens with two attached hydrogens (primary N) is 1. The van der Waals surface area contributed by atoms with Gasteiger partial charge in [-0.2, -0.15) is 22.0 Å². The van der Waals surface area contributed by atoms with Crippen molar-refractivity contribution in [2.24, 2.45) is 5.73 Å². The van der Waals surface area contributed by atoms with Gasteiger partial charge in [-0.15, -0.1) is 0 Å². The first-order valence-electron chi connectivity index (χ1n) is 4.13. The van der Waals surface area contributed by atoms with Crippen molar-refractivity contribution in [2.45, 2.75) is 12.1 Å². The largest absolute Gasteiger partial charge is 0.419 e. The van der Waals surface area contributed by atoms with Crippen LogP contribution in [-0.4, -0.2) is 6.54 Å². The Morgan fingerprint density at radius 1 is 1.06 bits per heavy atom. The van der Waals surface area contributed by atoms with Crippen LogP contribution in [0.5, 0.6) is 0 Å². The molecule has 0 radical (unpaired) electrons. The molecule has 0 saturated heterocycles. The molecule has 0 bridgehead atoms. The van der Waals surface area contributed by atoms with Gasteiger partial charge in [0, 0.05) is 5.56 Å². The lowest BCUT2D eigenvalue weighted by atomic mass is 10.1. The van der Waals surface area contributed by atoms with Crippen LogP contribution in [-0.2, 0) is 12.1 Å². The molecule has 2 N–H and O–H groups in total. The summed E-state index contributed by atoms with van der Waals surface area (Å²) in [5, 5.41) is 0. The second-order valence-corrected chi connectivity index (χ2v) is 3.10. The third kappa shape index (κ3) is 2.46. The van der Waals surface area contributed by atoms with Crippen molar-refractivity contribution >= 4 is 0 Å². The molecule has 1 aromatic carbocycles. The van der Waals surface area contributed by atoms with Crippen molar-refractivity contribution in [2.75, 3.05) is 6.54 Å². The lowest BCUT2D eigenvalue weighted by Crippen LogP contribution is -2.25. The molecule has 7 heteroatoms. The second kappa shape index (κ2) is 3.97. The van der Waals surface area contributed by atoms with Gasteiger partial charge in [0.05, 0.1) is 12.1 Å². The fourth-order valence-corrected chi connectivity index (χ4v) is 1.09. The molecular formula is C9H7F6N. The molecule has 90 valence electrons. The molecule has 1 nitrogen and oxygen atoms in total. The van der Waals surface area contributed by atoms with E-state index in [9.17, 15) is 26.3 Å². The minimum absolute atomic E-state index is 0.148. The van der Waals surface area contributed by atoms with Gasteiger partial charge in [-0.25, -0.2) is 4.39 Å². The van der Waals surface area contributed by atoms with Crippen LogP contribution in [0.2, 0.25) is 0 Å². The van der Waals surface area contributed by atoms with E-state index in [1.807, 2.05) is 0 Å². The zero-order valence-corrected chi connectivity index (χ0v) is 7.78. The van der Waals surface area contributed by atoms with Gasteiger partial charge in [-0.05, 0) is 12.1 Å². The van der Waals surface area contributed by atoms with Gasteiger partial charge in [0.25, 0.3) is 5.92 Å². The Hall–Kier alpha value is -1.24. The number of hydrogen-bond donors (Lipinski definition) is 1. The van der Waals surface area contributed by atoms with Crippen molar-refractivity contribution in [3.63, 3.8) is 0 Å². The molecule has 0 atom stereocenters. The first-order valence-corrected chi connectivity index (χ1v) is 4.13. The van der Waals surface area contributed by atoms with Crippen LogP contribution in [0.4, 0.5) is 26.3 Å². The second-order valence-electron chi connectivity index (χ2n) is 3.10. The molecule has 0 unspecified atom stereocenters. The molecule has 0 fully saturated rings. The molecule has 0 aliphatic carbocycles. The summed E-state index contributed by atoms with van der Waals surface area (Å²) in [6.45, 7) is -1.10. The molecule has 1 rings (SSSR count). The quantitative estimate of drug-likeness (QED) is 0.794. The Morgan fingerprint density at radius 2 is 1.62 bits per heavy atom. The van der Waals surface area contributed by atoms with Crippen LogP contribution in [0.1, 0.15) is 11.1 Å². The average Bonchev–Trinajstić information content (AvgIpc) is 2.15. The Morgan fingerprint density at radius 3 is 2.00 bits per heavy atom. The number of halogens is 6. The lowest BCUT2D eigenvalue weighted by Gasteiger charge is -2.15. The zero-order chi connectivity index (χ0) is 12.6. The normalized spacial score (nSPS) is 12.9. The third-order valence-electron chi connectivity index (χ3n) is 1.95. The Balaban J connectivity index is 3.20. The summed E-state index contributed by atoms with van der Waals surface area (Å²) in [5.41, 5.74) is 2.26. The molecule has 16 heavy (non-hydrogen) atoms. The molecule has 1 aromatic rings. The van der Waals surface area contributed by atoms with E-state index < -0.39 is 35.6 Å². The third-order valence-corrected chi connectivity index (χ3v) is 1.95. The maximum absolute atomic E-state index is 12.9. The number of hydrogen-bond acceptors (Lipinski definition) is 1. The fraction of sp³-hybridized carbons (Fsp3) is 0.333. The van der Waals surface area contributed by atoms with E-state index in [4.69, 9.17) is 5.73 Å². The highest BCUT2D eigenvalue weighted by Crippen LogP contribution is 2.34. The SMILES string of the molecule is NCC(F)(F)c1ccc(C(F)(F)F)c(F)c1. The monoisotopic (exact) mass is 243 g/mol. The summed E-state index contributed by atoms with van der Waals surface area (Å²) >= 11 is 0. The lowest BCUT2D eigenvalue weighted by molar-refractivity contribution is -0.140. The molecule has 0 saturated carbocycles. The number of benzene rings is 1. The molecule has 0 aliphatic rings. The van der Waals surface area contributed by atoms with Gasteiger partial charge in [0.15, 0.2) is 0 Å². The standard InChI is InChI=1S/C9H7F6N/c10-7-3-5(8(11,12)4-16)1-2-6(7)9(13,14)15/h1-3H,4,16H2. The highest BCUT2D eigenvalue weighted by atomic mass is 19.4. The maximum Gasteiger partial charge on any atom is 0.419 e. The van der Waals surface area contributed by atoms with E-state index in [0.717, 1.165) is 0 Å². The Bertz CT molecular complexity index is 384. The van der Waals surface area contributed by atoms with Crippen molar-refractivity contribution in [1.29, 1.82) is 0 Å². The molecule has 0 amide bonds. The van der Waals surface area contributed by atoms with E-state index in [2.05, 4.69) is 0 Å². The highest BCUT2D eigenvalue weighted by Gasteiger charge is 2.36. The Labute approximate surface area is 86.9 Å². The summed E-state index contributed by atoms with van der Waals surface area (Å²) in [5.74, 6) is -5.27. The van der Waals surface area contributed by atoms with E-state index in [0.29, 0.717) is 6.07 Å². The van der Waals surface area contributed by atoms with Crippen molar-refractivity contribution in [3.8, 4) is 0 Å². The summed E-state index contributed by atoms with van der Waals surface area (Å²) < 4.78 is 75.1. The van der Waals surface area contributed by atoms with Crippen LogP contribution in [0.25, 0.3) is 0 Å². The van der Waals surface area contributed by atoms with Gasteiger partial charge in [-0.1, -0.05) is 6.07 Å². The maximum atomic E-state index is 12.9. The van der Waals surface area contributed by atoms with Gasteiger partial charge < -0.3 is 5.73 Å². The predicted molar refractivity (Wildman–Crippen MR) is 44.4 cm³/mol. The van der Waals surface area contributed by atoms with E-state index in [-0.39, 0.29) is 12.1 Å². The van der Waals surface area contributed by atoms with Crippen LogP contribution in [0.3, 0.4) is 0 Å². The Kier molecular flexibility index (Phi) is 3.18. The van der Waals surface area contributed by atoms with Crippen molar-refractivity contribution in [1.82, 2.24) is 0 Å². The van der Waals surface area contributed by atoms with Crippen molar-refractivity contribution in [3.05, 3.63) is 35.1 Å². The van der Waals surface area contributed by atoms with Crippen LogP contribution in [0.15, 0.2) is 18.2 Å². The zero-order valence-electron chi connectivity index (χ0n) is 7.78. The van der Waals surface area contributed by atoms with Gasteiger partial charge in [0.1, 0.15) is 5.82 Å². The highest BCUT2D eigenvalue weighted by molar-refractivity contribution is 5.29.